The van der Waals surface area contributed by atoms with Crippen LogP contribution in [0.4, 0.5) is 0 Å². The maximum Gasteiger partial charge on any atom is -0.00156 e. The lowest BCUT2D eigenvalue weighted by Gasteiger charge is -2.41. The predicted octanol–water partition coefficient (Wildman–Crippen LogP) is 3.04. The highest BCUT2D eigenvalue weighted by Crippen LogP contribution is 2.39. The van der Waals surface area contributed by atoms with Gasteiger partial charge in [0.15, 0.2) is 0 Å². The SMILES string of the molecule is CCC(C)C(CC)(CN)C(C)C. The Hall–Kier alpha value is -0.0400. The van der Waals surface area contributed by atoms with Gasteiger partial charge in [0.25, 0.3) is 0 Å². The zero-order valence-corrected chi connectivity index (χ0v) is 9.35. The number of rotatable bonds is 5. The monoisotopic (exact) mass is 171 g/mol. The van der Waals surface area contributed by atoms with Crippen LogP contribution in [0.25, 0.3) is 0 Å². The summed E-state index contributed by atoms with van der Waals surface area (Å²) in [6.07, 6.45) is 2.44. The molecule has 0 aliphatic rings. The van der Waals surface area contributed by atoms with Crippen LogP contribution in [-0.2, 0) is 0 Å². The molecule has 1 heteroatoms. The molecule has 74 valence electrons. The average Bonchev–Trinajstić information content (AvgIpc) is 2.06. The van der Waals surface area contributed by atoms with Crippen LogP contribution >= 0.6 is 0 Å². The second-order valence-electron chi connectivity index (χ2n) is 4.25. The normalized spacial score (nSPS) is 19.2. The highest BCUT2D eigenvalue weighted by atomic mass is 14.6. The second kappa shape index (κ2) is 4.86. The van der Waals surface area contributed by atoms with E-state index in [9.17, 15) is 0 Å². The molecule has 0 saturated carbocycles. The number of hydrogen-bond acceptors (Lipinski definition) is 1. The summed E-state index contributed by atoms with van der Waals surface area (Å²) < 4.78 is 0. The Morgan fingerprint density at radius 3 is 1.75 bits per heavy atom. The van der Waals surface area contributed by atoms with Crippen molar-refractivity contribution in [2.45, 2.75) is 47.5 Å². The van der Waals surface area contributed by atoms with Crippen LogP contribution in [0.1, 0.15) is 47.5 Å². The molecule has 2 atom stereocenters. The van der Waals surface area contributed by atoms with Crippen molar-refractivity contribution < 1.29 is 0 Å². The molecule has 0 aliphatic heterocycles. The lowest BCUT2D eigenvalue weighted by molar-refractivity contribution is 0.101. The molecule has 0 fully saturated rings. The molecule has 0 amide bonds. The summed E-state index contributed by atoms with van der Waals surface area (Å²) in [6, 6.07) is 0. The van der Waals surface area contributed by atoms with Crippen molar-refractivity contribution in [2.75, 3.05) is 6.54 Å². The fourth-order valence-corrected chi connectivity index (χ4v) is 2.31. The van der Waals surface area contributed by atoms with Crippen molar-refractivity contribution in [1.29, 1.82) is 0 Å². The standard InChI is InChI=1S/C11H25N/c1-6-10(5)11(7-2,8-12)9(3)4/h9-10H,6-8,12H2,1-5H3. The van der Waals surface area contributed by atoms with E-state index in [1.54, 1.807) is 0 Å². The van der Waals surface area contributed by atoms with Gasteiger partial charge in [0.05, 0.1) is 0 Å². The first-order valence-electron chi connectivity index (χ1n) is 5.25. The Morgan fingerprint density at radius 2 is 1.67 bits per heavy atom. The van der Waals surface area contributed by atoms with Crippen molar-refractivity contribution in [3.05, 3.63) is 0 Å². The first-order valence-corrected chi connectivity index (χ1v) is 5.25. The average molecular weight is 171 g/mol. The Kier molecular flexibility index (Phi) is 4.84. The minimum atomic E-state index is 0.370. The molecular formula is C11H25N. The zero-order chi connectivity index (χ0) is 9.78. The van der Waals surface area contributed by atoms with Gasteiger partial charge in [0, 0.05) is 0 Å². The van der Waals surface area contributed by atoms with Gasteiger partial charge in [-0.2, -0.15) is 0 Å². The summed E-state index contributed by atoms with van der Waals surface area (Å²) in [7, 11) is 0. The minimum Gasteiger partial charge on any atom is -0.330 e. The van der Waals surface area contributed by atoms with Gasteiger partial charge >= 0.3 is 0 Å². The summed E-state index contributed by atoms with van der Waals surface area (Å²) in [6.45, 7) is 12.3. The summed E-state index contributed by atoms with van der Waals surface area (Å²) in [5.41, 5.74) is 6.27. The van der Waals surface area contributed by atoms with Crippen LogP contribution in [0.3, 0.4) is 0 Å². The molecule has 0 aliphatic carbocycles. The van der Waals surface area contributed by atoms with Crippen LogP contribution in [0.5, 0.6) is 0 Å². The van der Waals surface area contributed by atoms with E-state index in [1.165, 1.54) is 12.8 Å². The van der Waals surface area contributed by atoms with E-state index in [4.69, 9.17) is 5.73 Å². The fraction of sp³-hybridized carbons (Fsp3) is 1.00. The maximum atomic E-state index is 5.90. The van der Waals surface area contributed by atoms with Gasteiger partial charge in [-0.05, 0) is 30.2 Å². The molecule has 0 aromatic heterocycles. The maximum absolute atomic E-state index is 5.90. The highest BCUT2D eigenvalue weighted by molar-refractivity contribution is 4.86. The molecule has 0 spiro atoms. The van der Waals surface area contributed by atoms with Crippen LogP contribution < -0.4 is 5.73 Å². The van der Waals surface area contributed by atoms with Gasteiger partial charge in [-0.15, -0.1) is 0 Å². The Balaban J connectivity index is 4.56. The molecule has 0 radical (unpaired) electrons. The Bertz CT molecular complexity index is 114. The van der Waals surface area contributed by atoms with Crippen molar-refractivity contribution in [3.63, 3.8) is 0 Å². The largest absolute Gasteiger partial charge is 0.330 e. The summed E-state index contributed by atoms with van der Waals surface area (Å²) in [4.78, 5) is 0. The van der Waals surface area contributed by atoms with Gasteiger partial charge in [0.1, 0.15) is 0 Å². The molecule has 2 unspecified atom stereocenters. The third-order valence-electron chi connectivity index (χ3n) is 3.78. The van der Waals surface area contributed by atoms with E-state index >= 15 is 0 Å². The third-order valence-corrected chi connectivity index (χ3v) is 3.78. The Morgan fingerprint density at radius 1 is 1.17 bits per heavy atom. The minimum absolute atomic E-state index is 0.370. The van der Waals surface area contributed by atoms with Gasteiger partial charge in [-0.25, -0.2) is 0 Å². The molecule has 0 aromatic carbocycles. The molecule has 0 aromatic rings. The number of hydrogen-bond donors (Lipinski definition) is 1. The van der Waals surface area contributed by atoms with E-state index in [-0.39, 0.29) is 0 Å². The molecule has 0 rings (SSSR count). The molecule has 0 bridgehead atoms. The van der Waals surface area contributed by atoms with Crippen LogP contribution in [0.2, 0.25) is 0 Å². The van der Waals surface area contributed by atoms with Crippen molar-refractivity contribution >= 4 is 0 Å². The lowest BCUT2D eigenvalue weighted by Crippen LogP contribution is -2.40. The Labute approximate surface area is 77.7 Å². The van der Waals surface area contributed by atoms with E-state index < -0.39 is 0 Å². The predicted molar refractivity (Wildman–Crippen MR) is 56.1 cm³/mol. The molecule has 1 nitrogen and oxygen atoms in total. The smallest absolute Gasteiger partial charge is 0.00156 e. The highest BCUT2D eigenvalue weighted by Gasteiger charge is 2.34. The topological polar surface area (TPSA) is 26.0 Å². The molecule has 0 heterocycles. The van der Waals surface area contributed by atoms with Crippen molar-refractivity contribution in [3.8, 4) is 0 Å². The first kappa shape index (κ1) is 12.0. The second-order valence-corrected chi connectivity index (χ2v) is 4.25. The molecule has 12 heavy (non-hydrogen) atoms. The van der Waals surface area contributed by atoms with Crippen LogP contribution in [0, 0.1) is 17.3 Å². The van der Waals surface area contributed by atoms with Crippen LogP contribution in [-0.4, -0.2) is 6.54 Å². The third kappa shape index (κ3) is 2.01. The number of nitrogens with two attached hydrogens (primary N) is 1. The van der Waals surface area contributed by atoms with Gasteiger partial charge < -0.3 is 5.73 Å². The quantitative estimate of drug-likeness (QED) is 0.676. The van der Waals surface area contributed by atoms with Gasteiger partial charge in [-0.1, -0.05) is 41.0 Å². The van der Waals surface area contributed by atoms with Crippen LogP contribution in [0.15, 0.2) is 0 Å². The van der Waals surface area contributed by atoms with Crippen molar-refractivity contribution in [2.24, 2.45) is 23.0 Å². The van der Waals surface area contributed by atoms with Gasteiger partial charge in [0.2, 0.25) is 0 Å². The molecular weight excluding hydrogens is 146 g/mol. The summed E-state index contributed by atoms with van der Waals surface area (Å²) in [5, 5.41) is 0. The summed E-state index contributed by atoms with van der Waals surface area (Å²) >= 11 is 0. The molecule has 0 saturated heterocycles. The van der Waals surface area contributed by atoms with Gasteiger partial charge in [-0.3, -0.25) is 0 Å². The fourth-order valence-electron chi connectivity index (χ4n) is 2.31. The van der Waals surface area contributed by atoms with E-state index in [2.05, 4.69) is 34.6 Å². The van der Waals surface area contributed by atoms with E-state index in [0.29, 0.717) is 11.3 Å². The van der Waals surface area contributed by atoms with Crippen molar-refractivity contribution in [1.82, 2.24) is 0 Å². The van der Waals surface area contributed by atoms with E-state index in [0.717, 1.165) is 12.5 Å². The lowest BCUT2D eigenvalue weighted by atomic mass is 9.66. The molecule has 2 N–H and O–H groups in total. The van der Waals surface area contributed by atoms with E-state index in [1.807, 2.05) is 0 Å². The summed E-state index contributed by atoms with van der Waals surface area (Å²) in [5.74, 6) is 1.44. The first-order chi connectivity index (χ1) is 5.55. The zero-order valence-electron chi connectivity index (χ0n) is 9.35.